The number of fused-ring (bicyclic) bond motifs is 1. The second kappa shape index (κ2) is 4.35. The van der Waals surface area contributed by atoms with E-state index in [1.165, 1.54) is 5.56 Å². The van der Waals surface area contributed by atoms with Gasteiger partial charge in [-0.15, -0.1) is 6.58 Å². The standard InChI is InChI=1S/C14H15NO/c1-4-10(2)11-5-6-13-12(9-11)14(16-3)7-8-15-13/h4-10H,1H2,2-3H3. The Morgan fingerprint density at radius 1 is 1.38 bits per heavy atom. The summed E-state index contributed by atoms with van der Waals surface area (Å²) in [5, 5.41) is 1.05. The molecule has 82 valence electrons. The molecule has 0 bridgehead atoms. The normalized spacial score (nSPS) is 12.4. The Bertz CT molecular complexity index is 519. The van der Waals surface area contributed by atoms with Crippen LogP contribution in [-0.4, -0.2) is 12.1 Å². The van der Waals surface area contributed by atoms with E-state index in [0.29, 0.717) is 5.92 Å². The summed E-state index contributed by atoms with van der Waals surface area (Å²) in [5.74, 6) is 1.21. The molecule has 0 aliphatic carbocycles. The summed E-state index contributed by atoms with van der Waals surface area (Å²) in [6.07, 6.45) is 3.70. The molecule has 1 aromatic heterocycles. The minimum Gasteiger partial charge on any atom is -0.496 e. The maximum Gasteiger partial charge on any atom is 0.129 e. The Hall–Kier alpha value is -1.83. The molecule has 2 heteroatoms. The molecule has 1 atom stereocenters. The first-order valence-electron chi connectivity index (χ1n) is 5.31. The first kappa shape index (κ1) is 10.7. The molecular weight excluding hydrogens is 198 g/mol. The lowest BCUT2D eigenvalue weighted by Crippen LogP contribution is -1.91. The van der Waals surface area contributed by atoms with Crippen LogP contribution in [-0.2, 0) is 0 Å². The van der Waals surface area contributed by atoms with Crippen LogP contribution >= 0.6 is 0 Å². The zero-order valence-corrected chi connectivity index (χ0v) is 9.60. The molecule has 1 heterocycles. The number of benzene rings is 1. The number of rotatable bonds is 3. The van der Waals surface area contributed by atoms with Gasteiger partial charge in [-0.1, -0.05) is 19.1 Å². The molecule has 0 aliphatic heterocycles. The smallest absolute Gasteiger partial charge is 0.129 e. The Kier molecular flexibility index (Phi) is 2.91. The van der Waals surface area contributed by atoms with E-state index in [-0.39, 0.29) is 0 Å². The fourth-order valence-corrected chi connectivity index (χ4v) is 1.74. The summed E-state index contributed by atoms with van der Waals surface area (Å²) in [4.78, 5) is 4.31. The van der Waals surface area contributed by atoms with Crippen LogP contribution in [0.1, 0.15) is 18.4 Å². The Morgan fingerprint density at radius 3 is 2.88 bits per heavy atom. The van der Waals surface area contributed by atoms with Gasteiger partial charge < -0.3 is 4.74 Å². The zero-order chi connectivity index (χ0) is 11.5. The number of hydrogen-bond acceptors (Lipinski definition) is 2. The van der Waals surface area contributed by atoms with Crippen LogP contribution in [0.4, 0.5) is 0 Å². The highest BCUT2D eigenvalue weighted by atomic mass is 16.5. The van der Waals surface area contributed by atoms with E-state index in [1.54, 1.807) is 13.3 Å². The maximum absolute atomic E-state index is 5.33. The number of hydrogen-bond donors (Lipinski definition) is 0. The van der Waals surface area contributed by atoms with Crippen molar-refractivity contribution in [3.63, 3.8) is 0 Å². The summed E-state index contributed by atoms with van der Waals surface area (Å²) < 4.78 is 5.33. The lowest BCUT2D eigenvalue weighted by molar-refractivity contribution is 0.419. The third-order valence-corrected chi connectivity index (χ3v) is 2.82. The van der Waals surface area contributed by atoms with Gasteiger partial charge in [-0.3, -0.25) is 4.98 Å². The van der Waals surface area contributed by atoms with Gasteiger partial charge in [-0.2, -0.15) is 0 Å². The van der Waals surface area contributed by atoms with Crippen LogP contribution in [0, 0.1) is 0 Å². The van der Waals surface area contributed by atoms with Crippen molar-refractivity contribution in [2.45, 2.75) is 12.8 Å². The van der Waals surface area contributed by atoms with Crippen LogP contribution in [0.5, 0.6) is 5.75 Å². The number of ether oxygens (including phenoxy) is 1. The monoisotopic (exact) mass is 213 g/mol. The molecule has 0 radical (unpaired) electrons. The number of methoxy groups -OCH3 is 1. The molecule has 2 rings (SSSR count). The van der Waals surface area contributed by atoms with Crippen LogP contribution < -0.4 is 4.74 Å². The van der Waals surface area contributed by atoms with Crippen LogP contribution in [0.15, 0.2) is 43.1 Å². The summed E-state index contributed by atoms with van der Waals surface area (Å²) in [7, 11) is 1.68. The van der Waals surface area contributed by atoms with E-state index >= 15 is 0 Å². The molecule has 1 unspecified atom stereocenters. The molecule has 0 saturated heterocycles. The number of nitrogens with zero attached hydrogens (tertiary/aromatic N) is 1. The van der Waals surface area contributed by atoms with Gasteiger partial charge in [0.15, 0.2) is 0 Å². The number of pyridine rings is 1. The second-order valence-electron chi connectivity index (χ2n) is 3.81. The van der Waals surface area contributed by atoms with Crippen molar-refractivity contribution in [2.24, 2.45) is 0 Å². The number of aromatic nitrogens is 1. The molecule has 1 aromatic carbocycles. The van der Waals surface area contributed by atoms with E-state index in [0.717, 1.165) is 16.7 Å². The van der Waals surface area contributed by atoms with E-state index in [1.807, 2.05) is 18.2 Å². The highest BCUT2D eigenvalue weighted by molar-refractivity contribution is 5.85. The summed E-state index contributed by atoms with van der Waals surface area (Å²) in [6, 6.07) is 8.10. The molecule has 0 fully saturated rings. The van der Waals surface area contributed by atoms with E-state index < -0.39 is 0 Å². The lowest BCUT2D eigenvalue weighted by Gasteiger charge is -2.09. The van der Waals surface area contributed by atoms with E-state index in [2.05, 4.69) is 30.6 Å². The average Bonchev–Trinajstić information content (AvgIpc) is 2.36. The molecule has 0 N–H and O–H groups in total. The van der Waals surface area contributed by atoms with Gasteiger partial charge in [0.2, 0.25) is 0 Å². The highest BCUT2D eigenvalue weighted by Gasteiger charge is 2.06. The minimum absolute atomic E-state index is 0.342. The Morgan fingerprint density at radius 2 is 2.19 bits per heavy atom. The lowest BCUT2D eigenvalue weighted by atomic mass is 9.99. The molecule has 0 aliphatic rings. The molecule has 16 heavy (non-hydrogen) atoms. The van der Waals surface area contributed by atoms with Crippen molar-refractivity contribution in [1.29, 1.82) is 0 Å². The van der Waals surface area contributed by atoms with Crippen molar-refractivity contribution < 1.29 is 4.74 Å². The van der Waals surface area contributed by atoms with Crippen molar-refractivity contribution in [1.82, 2.24) is 4.98 Å². The van der Waals surface area contributed by atoms with Crippen LogP contribution in [0.25, 0.3) is 10.9 Å². The van der Waals surface area contributed by atoms with Crippen molar-refractivity contribution in [3.8, 4) is 5.75 Å². The summed E-state index contributed by atoms with van der Waals surface area (Å²) in [5.41, 5.74) is 2.19. The van der Waals surface area contributed by atoms with Gasteiger partial charge in [-0.05, 0) is 29.7 Å². The molecule has 2 nitrogen and oxygen atoms in total. The maximum atomic E-state index is 5.33. The van der Waals surface area contributed by atoms with Gasteiger partial charge in [0.1, 0.15) is 5.75 Å². The quantitative estimate of drug-likeness (QED) is 0.727. The summed E-state index contributed by atoms with van der Waals surface area (Å²) >= 11 is 0. The van der Waals surface area contributed by atoms with Crippen LogP contribution in [0.2, 0.25) is 0 Å². The van der Waals surface area contributed by atoms with Gasteiger partial charge in [0, 0.05) is 11.6 Å². The van der Waals surface area contributed by atoms with Crippen LogP contribution in [0.3, 0.4) is 0 Å². The van der Waals surface area contributed by atoms with E-state index in [9.17, 15) is 0 Å². The topological polar surface area (TPSA) is 22.1 Å². The third-order valence-electron chi connectivity index (χ3n) is 2.82. The molecule has 0 spiro atoms. The zero-order valence-electron chi connectivity index (χ0n) is 9.60. The van der Waals surface area contributed by atoms with Crippen molar-refractivity contribution >= 4 is 10.9 Å². The van der Waals surface area contributed by atoms with Gasteiger partial charge in [0.05, 0.1) is 12.6 Å². The third kappa shape index (κ3) is 1.78. The predicted molar refractivity (Wildman–Crippen MR) is 66.9 cm³/mol. The van der Waals surface area contributed by atoms with Gasteiger partial charge in [-0.25, -0.2) is 0 Å². The van der Waals surface area contributed by atoms with Gasteiger partial charge in [0.25, 0.3) is 0 Å². The average molecular weight is 213 g/mol. The SMILES string of the molecule is C=CC(C)c1ccc2nccc(OC)c2c1. The fraction of sp³-hybridized carbons (Fsp3) is 0.214. The molecule has 0 saturated carbocycles. The largest absolute Gasteiger partial charge is 0.496 e. The molecule has 2 aromatic rings. The van der Waals surface area contributed by atoms with Crippen molar-refractivity contribution in [2.75, 3.05) is 7.11 Å². The Labute approximate surface area is 95.6 Å². The highest BCUT2D eigenvalue weighted by Crippen LogP contribution is 2.27. The second-order valence-corrected chi connectivity index (χ2v) is 3.81. The van der Waals surface area contributed by atoms with Crippen molar-refractivity contribution in [3.05, 3.63) is 48.7 Å². The fourth-order valence-electron chi connectivity index (χ4n) is 1.74. The first-order valence-corrected chi connectivity index (χ1v) is 5.31. The Balaban J connectivity index is 2.63. The van der Waals surface area contributed by atoms with Gasteiger partial charge >= 0.3 is 0 Å². The first-order chi connectivity index (χ1) is 7.76. The summed E-state index contributed by atoms with van der Waals surface area (Å²) in [6.45, 7) is 5.93. The molecule has 0 amide bonds. The minimum atomic E-state index is 0.342. The molecular formula is C14H15NO. The predicted octanol–water partition coefficient (Wildman–Crippen LogP) is 3.53. The number of allylic oxidation sites excluding steroid dienone is 1. The van der Waals surface area contributed by atoms with E-state index in [4.69, 9.17) is 4.74 Å².